The summed E-state index contributed by atoms with van der Waals surface area (Å²) in [5.41, 5.74) is 0. The molecule has 0 amide bonds. The van der Waals surface area contributed by atoms with Gasteiger partial charge in [-0.05, 0) is 18.8 Å². The Morgan fingerprint density at radius 3 is 2.50 bits per heavy atom. The van der Waals surface area contributed by atoms with Crippen LogP contribution in [0.5, 0.6) is 0 Å². The van der Waals surface area contributed by atoms with Gasteiger partial charge in [-0.1, -0.05) is 32.9 Å². The molecule has 0 aromatic rings. The van der Waals surface area contributed by atoms with Gasteiger partial charge in [-0.3, -0.25) is 0 Å². The lowest BCUT2D eigenvalue weighted by Crippen LogP contribution is -1.80. The van der Waals surface area contributed by atoms with E-state index in [2.05, 4.69) is 32.9 Å². The van der Waals surface area contributed by atoms with Crippen LogP contribution in [-0.4, -0.2) is 0 Å². The summed E-state index contributed by atoms with van der Waals surface area (Å²) >= 11 is 0. The van der Waals surface area contributed by atoms with Gasteiger partial charge in [0, 0.05) is 0 Å². The molecular formula is C8H15. The predicted octanol–water partition coefficient (Wildman–Crippen LogP) is 2.81. The molecule has 0 aromatic carbocycles. The van der Waals surface area contributed by atoms with Crippen molar-refractivity contribution in [1.29, 1.82) is 0 Å². The largest absolute Gasteiger partial charge is 0.0888 e. The SMILES string of the molecule is [CH2]C(C)C/C=C/CC. The molecule has 0 heteroatoms. The van der Waals surface area contributed by atoms with Crippen LogP contribution in [0, 0.1) is 12.8 Å². The van der Waals surface area contributed by atoms with E-state index in [1.165, 1.54) is 0 Å². The van der Waals surface area contributed by atoms with Crippen LogP contribution in [0.2, 0.25) is 0 Å². The van der Waals surface area contributed by atoms with E-state index in [9.17, 15) is 0 Å². The van der Waals surface area contributed by atoms with Crippen molar-refractivity contribution < 1.29 is 0 Å². The average Bonchev–Trinajstić information content (AvgIpc) is 1.66. The first kappa shape index (κ1) is 7.74. The number of rotatable bonds is 3. The second kappa shape index (κ2) is 4.89. The smallest absolute Gasteiger partial charge is 0.0325 e. The van der Waals surface area contributed by atoms with E-state index in [4.69, 9.17) is 0 Å². The topological polar surface area (TPSA) is 0 Å². The van der Waals surface area contributed by atoms with Crippen LogP contribution < -0.4 is 0 Å². The fourth-order valence-corrected chi connectivity index (χ4v) is 0.495. The second-order valence-electron chi connectivity index (χ2n) is 2.22. The third kappa shape index (κ3) is 5.74. The average molecular weight is 111 g/mol. The molecule has 1 unspecified atom stereocenters. The van der Waals surface area contributed by atoms with Crippen molar-refractivity contribution in [2.75, 3.05) is 0 Å². The van der Waals surface area contributed by atoms with Gasteiger partial charge in [0.2, 0.25) is 0 Å². The summed E-state index contributed by atoms with van der Waals surface area (Å²) in [7, 11) is 0. The highest BCUT2D eigenvalue weighted by molar-refractivity contribution is 4.82. The molecule has 0 saturated heterocycles. The third-order valence-corrected chi connectivity index (χ3v) is 0.941. The number of hydrogen-bond acceptors (Lipinski definition) is 0. The van der Waals surface area contributed by atoms with E-state index in [0.29, 0.717) is 5.92 Å². The monoisotopic (exact) mass is 111 g/mol. The van der Waals surface area contributed by atoms with Crippen LogP contribution in [0.4, 0.5) is 0 Å². The van der Waals surface area contributed by atoms with Gasteiger partial charge in [0.1, 0.15) is 0 Å². The summed E-state index contributed by atoms with van der Waals surface area (Å²) in [5.74, 6) is 0.567. The zero-order valence-electron chi connectivity index (χ0n) is 5.85. The molecule has 0 aromatic heterocycles. The Kier molecular flexibility index (Phi) is 4.73. The summed E-state index contributed by atoms with van der Waals surface area (Å²) in [5, 5.41) is 0. The molecule has 0 heterocycles. The van der Waals surface area contributed by atoms with Crippen LogP contribution in [0.1, 0.15) is 26.7 Å². The Hall–Kier alpha value is -0.260. The van der Waals surface area contributed by atoms with Gasteiger partial charge in [0.05, 0.1) is 0 Å². The highest BCUT2D eigenvalue weighted by Gasteiger charge is 1.84. The van der Waals surface area contributed by atoms with Crippen molar-refractivity contribution in [2.45, 2.75) is 26.7 Å². The highest BCUT2D eigenvalue weighted by Crippen LogP contribution is 1.99. The van der Waals surface area contributed by atoms with E-state index in [1.54, 1.807) is 0 Å². The summed E-state index contributed by atoms with van der Waals surface area (Å²) in [4.78, 5) is 0. The molecule has 0 aliphatic rings. The van der Waals surface area contributed by atoms with E-state index in [1.807, 2.05) is 0 Å². The Labute approximate surface area is 52.6 Å². The maximum atomic E-state index is 3.86. The minimum Gasteiger partial charge on any atom is -0.0888 e. The van der Waals surface area contributed by atoms with Gasteiger partial charge in [0.15, 0.2) is 0 Å². The van der Waals surface area contributed by atoms with Gasteiger partial charge < -0.3 is 0 Å². The fraction of sp³-hybridized carbons (Fsp3) is 0.625. The first-order valence-corrected chi connectivity index (χ1v) is 3.25. The summed E-state index contributed by atoms with van der Waals surface area (Å²) < 4.78 is 0. The number of hydrogen-bond donors (Lipinski definition) is 0. The number of allylic oxidation sites excluding steroid dienone is 2. The lowest BCUT2D eigenvalue weighted by molar-refractivity contribution is 0.738. The molecule has 8 heavy (non-hydrogen) atoms. The lowest BCUT2D eigenvalue weighted by Gasteiger charge is -1.94. The molecule has 0 aliphatic carbocycles. The molecule has 0 rings (SSSR count). The van der Waals surface area contributed by atoms with Crippen LogP contribution in [0.25, 0.3) is 0 Å². The molecular weight excluding hydrogens is 96.1 g/mol. The minimum atomic E-state index is 0.567. The van der Waals surface area contributed by atoms with Gasteiger partial charge in [0.25, 0.3) is 0 Å². The molecule has 0 spiro atoms. The Balaban J connectivity index is 3.03. The van der Waals surface area contributed by atoms with Crippen molar-refractivity contribution in [3.8, 4) is 0 Å². The summed E-state index contributed by atoms with van der Waals surface area (Å²) in [6.07, 6.45) is 6.64. The summed E-state index contributed by atoms with van der Waals surface area (Å²) in [6, 6.07) is 0. The standard InChI is InChI=1S/C8H15/c1-4-5-6-7-8(2)3/h5-6,8H,2,4,7H2,1,3H3/b6-5+. The first-order valence-electron chi connectivity index (χ1n) is 3.25. The molecule has 0 bridgehead atoms. The van der Waals surface area contributed by atoms with Gasteiger partial charge >= 0.3 is 0 Å². The quantitative estimate of drug-likeness (QED) is 0.491. The van der Waals surface area contributed by atoms with Crippen LogP contribution in [0.3, 0.4) is 0 Å². The third-order valence-electron chi connectivity index (χ3n) is 0.941. The molecule has 47 valence electrons. The maximum Gasteiger partial charge on any atom is -0.0325 e. The molecule has 0 fully saturated rings. The van der Waals surface area contributed by atoms with Crippen LogP contribution in [-0.2, 0) is 0 Å². The Bertz CT molecular complexity index is 60.4. The molecule has 1 atom stereocenters. The van der Waals surface area contributed by atoms with E-state index < -0.39 is 0 Å². The Morgan fingerprint density at radius 1 is 1.50 bits per heavy atom. The lowest BCUT2D eigenvalue weighted by atomic mass is 10.1. The summed E-state index contributed by atoms with van der Waals surface area (Å²) in [6.45, 7) is 8.13. The van der Waals surface area contributed by atoms with Crippen molar-refractivity contribution in [3.05, 3.63) is 19.1 Å². The fourth-order valence-electron chi connectivity index (χ4n) is 0.495. The van der Waals surface area contributed by atoms with Gasteiger partial charge in [-0.2, -0.15) is 0 Å². The highest BCUT2D eigenvalue weighted by atomic mass is 13.9. The van der Waals surface area contributed by atoms with Crippen molar-refractivity contribution >= 4 is 0 Å². The molecule has 0 N–H and O–H groups in total. The zero-order chi connectivity index (χ0) is 6.41. The Morgan fingerprint density at radius 2 is 2.12 bits per heavy atom. The van der Waals surface area contributed by atoms with Crippen molar-refractivity contribution in [2.24, 2.45) is 5.92 Å². The molecule has 0 nitrogen and oxygen atoms in total. The molecule has 0 aliphatic heterocycles. The minimum absolute atomic E-state index is 0.567. The molecule has 1 radical (unpaired) electrons. The van der Waals surface area contributed by atoms with E-state index in [-0.39, 0.29) is 0 Å². The van der Waals surface area contributed by atoms with Gasteiger partial charge in [-0.25, -0.2) is 0 Å². The zero-order valence-corrected chi connectivity index (χ0v) is 5.85. The van der Waals surface area contributed by atoms with Crippen molar-refractivity contribution in [1.82, 2.24) is 0 Å². The van der Waals surface area contributed by atoms with E-state index in [0.717, 1.165) is 12.8 Å². The second-order valence-corrected chi connectivity index (χ2v) is 2.22. The van der Waals surface area contributed by atoms with Crippen LogP contribution >= 0.6 is 0 Å². The predicted molar refractivity (Wildman–Crippen MR) is 38.6 cm³/mol. The van der Waals surface area contributed by atoms with Crippen LogP contribution in [0.15, 0.2) is 12.2 Å². The molecule has 0 saturated carbocycles. The first-order chi connectivity index (χ1) is 3.77. The maximum absolute atomic E-state index is 3.86. The van der Waals surface area contributed by atoms with Crippen molar-refractivity contribution in [3.63, 3.8) is 0 Å². The normalized spacial score (nSPS) is 11.5. The van der Waals surface area contributed by atoms with Gasteiger partial charge in [-0.15, -0.1) is 0 Å². The van der Waals surface area contributed by atoms with E-state index >= 15 is 0 Å².